The number of amidine groups is 1. The quantitative estimate of drug-likeness (QED) is 0.402. The van der Waals surface area contributed by atoms with E-state index in [1.807, 2.05) is 60.7 Å². The maximum Gasteiger partial charge on any atom is 0.264 e. The molecule has 142 valence electrons. The number of fused-ring (bicyclic) bond motifs is 1. The zero-order valence-electron chi connectivity index (χ0n) is 14.9. The number of aliphatic imine (C=N–C) groups is 1. The Labute approximate surface area is 178 Å². The number of rotatable bonds is 4. The minimum absolute atomic E-state index is 0.179. The number of nitrogens with zero attached hydrogens (tertiary/aromatic N) is 2. The van der Waals surface area contributed by atoms with Crippen LogP contribution in [-0.2, 0) is 4.79 Å². The first kappa shape index (κ1) is 18.2. The van der Waals surface area contributed by atoms with Gasteiger partial charge in [-0.2, -0.15) is 0 Å². The molecule has 1 fully saturated rings. The van der Waals surface area contributed by atoms with E-state index in [1.54, 1.807) is 17.4 Å². The molecule has 5 nitrogen and oxygen atoms in total. The standard InChI is InChI=1S/C21H13N3O2S3/c25-19-17(27-20(24-19)22-13-6-2-1-3-7-13)12-14-10-11-18(26-14)29-21-23-15-8-4-5-9-16(15)28-21/h1-12H,(H,22,24,25)/b17-12-. The third-order valence-electron chi connectivity index (χ3n) is 3.98. The van der Waals surface area contributed by atoms with Crippen LogP contribution >= 0.6 is 34.9 Å². The van der Waals surface area contributed by atoms with E-state index >= 15 is 0 Å². The molecule has 0 saturated carbocycles. The lowest BCUT2D eigenvalue weighted by Crippen LogP contribution is -2.19. The largest absolute Gasteiger partial charge is 0.450 e. The highest BCUT2D eigenvalue weighted by molar-refractivity contribution is 8.18. The Morgan fingerprint density at radius 3 is 2.72 bits per heavy atom. The van der Waals surface area contributed by atoms with Gasteiger partial charge in [0.1, 0.15) is 5.76 Å². The van der Waals surface area contributed by atoms with E-state index in [-0.39, 0.29) is 5.91 Å². The molecule has 0 atom stereocenters. The van der Waals surface area contributed by atoms with Crippen molar-refractivity contribution < 1.29 is 9.21 Å². The van der Waals surface area contributed by atoms with Crippen LogP contribution in [0.1, 0.15) is 5.76 Å². The van der Waals surface area contributed by atoms with E-state index < -0.39 is 0 Å². The lowest BCUT2D eigenvalue weighted by molar-refractivity contribution is -0.115. The molecule has 1 N–H and O–H groups in total. The van der Waals surface area contributed by atoms with Gasteiger partial charge in [0.2, 0.25) is 0 Å². The predicted octanol–water partition coefficient (Wildman–Crippen LogP) is 5.93. The lowest BCUT2D eigenvalue weighted by atomic mass is 10.3. The van der Waals surface area contributed by atoms with Crippen molar-refractivity contribution in [2.75, 3.05) is 0 Å². The van der Waals surface area contributed by atoms with Crippen LogP contribution in [0.3, 0.4) is 0 Å². The van der Waals surface area contributed by atoms with Crippen molar-refractivity contribution in [1.82, 2.24) is 10.3 Å². The smallest absolute Gasteiger partial charge is 0.264 e. The molecule has 0 aliphatic carbocycles. The molecule has 4 aromatic rings. The number of amides is 1. The first-order valence-corrected chi connectivity index (χ1v) is 11.2. The Morgan fingerprint density at radius 1 is 1.03 bits per heavy atom. The molecule has 0 bridgehead atoms. The highest BCUT2D eigenvalue weighted by Crippen LogP contribution is 2.36. The summed E-state index contributed by atoms with van der Waals surface area (Å²) < 4.78 is 7.94. The van der Waals surface area contributed by atoms with Gasteiger partial charge in [-0.3, -0.25) is 4.79 Å². The van der Waals surface area contributed by atoms with E-state index in [0.29, 0.717) is 15.8 Å². The molecule has 3 heterocycles. The Hall–Kier alpha value is -2.81. The molecule has 1 amide bonds. The lowest BCUT2D eigenvalue weighted by Gasteiger charge is -1.94. The first-order valence-electron chi connectivity index (χ1n) is 8.71. The van der Waals surface area contributed by atoms with Crippen LogP contribution in [0, 0.1) is 0 Å². The fourth-order valence-corrected chi connectivity index (χ4v) is 5.47. The molecule has 1 aliphatic rings. The molecule has 1 aliphatic heterocycles. The Balaban J connectivity index is 1.32. The number of thioether (sulfide) groups is 1. The number of benzene rings is 2. The number of aromatic nitrogens is 1. The minimum Gasteiger partial charge on any atom is -0.450 e. The first-order chi connectivity index (χ1) is 14.2. The van der Waals surface area contributed by atoms with Crippen LogP contribution in [0.5, 0.6) is 0 Å². The van der Waals surface area contributed by atoms with Crippen LogP contribution in [-0.4, -0.2) is 16.1 Å². The highest BCUT2D eigenvalue weighted by atomic mass is 32.2. The maximum atomic E-state index is 12.2. The molecule has 2 aromatic heterocycles. The van der Waals surface area contributed by atoms with Crippen LogP contribution < -0.4 is 5.32 Å². The van der Waals surface area contributed by atoms with E-state index in [0.717, 1.165) is 25.3 Å². The average Bonchev–Trinajstić information content (AvgIpc) is 3.42. The maximum absolute atomic E-state index is 12.2. The van der Waals surface area contributed by atoms with E-state index in [9.17, 15) is 4.79 Å². The molecule has 0 radical (unpaired) electrons. The summed E-state index contributed by atoms with van der Waals surface area (Å²) in [5.41, 5.74) is 1.78. The zero-order valence-corrected chi connectivity index (χ0v) is 17.3. The number of carbonyl (C=O) groups excluding carboxylic acids is 1. The van der Waals surface area contributed by atoms with Crippen LogP contribution in [0.15, 0.2) is 90.5 Å². The normalized spacial score (nSPS) is 16.8. The van der Waals surface area contributed by atoms with Gasteiger partial charge in [0.25, 0.3) is 5.91 Å². The Kier molecular flexibility index (Phi) is 4.97. The number of nitrogens with one attached hydrogen (secondary N) is 1. The highest BCUT2D eigenvalue weighted by Gasteiger charge is 2.24. The van der Waals surface area contributed by atoms with E-state index in [2.05, 4.69) is 21.4 Å². The van der Waals surface area contributed by atoms with Crippen molar-refractivity contribution in [3.63, 3.8) is 0 Å². The van der Waals surface area contributed by atoms with Gasteiger partial charge >= 0.3 is 0 Å². The van der Waals surface area contributed by atoms with E-state index in [1.165, 1.54) is 23.5 Å². The van der Waals surface area contributed by atoms with Crippen LogP contribution in [0.2, 0.25) is 0 Å². The Morgan fingerprint density at radius 2 is 1.86 bits per heavy atom. The second-order valence-electron chi connectivity index (χ2n) is 6.02. The third kappa shape index (κ3) is 4.14. The molecule has 5 rings (SSSR count). The van der Waals surface area contributed by atoms with Crippen molar-refractivity contribution in [3.05, 3.63) is 77.4 Å². The predicted molar refractivity (Wildman–Crippen MR) is 120 cm³/mol. The van der Waals surface area contributed by atoms with E-state index in [4.69, 9.17) is 4.42 Å². The van der Waals surface area contributed by atoms with Crippen LogP contribution in [0.4, 0.5) is 5.69 Å². The summed E-state index contributed by atoms with van der Waals surface area (Å²) in [4.78, 5) is 21.8. The summed E-state index contributed by atoms with van der Waals surface area (Å²) in [5.74, 6) is 0.439. The number of carbonyl (C=O) groups is 1. The molecule has 0 unspecified atom stereocenters. The second kappa shape index (κ2) is 7.90. The van der Waals surface area contributed by atoms with Gasteiger partial charge in [0.05, 0.1) is 20.8 Å². The third-order valence-corrected chi connectivity index (χ3v) is 6.90. The number of thiazole rings is 1. The van der Waals surface area contributed by atoms with Gasteiger partial charge in [-0.1, -0.05) is 30.3 Å². The summed E-state index contributed by atoms with van der Waals surface area (Å²) >= 11 is 4.40. The van der Waals surface area contributed by atoms with Gasteiger partial charge in [-0.15, -0.1) is 11.3 Å². The summed E-state index contributed by atoms with van der Waals surface area (Å²) in [7, 11) is 0. The molecule has 8 heteroatoms. The van der Waals surface area contributed by atoms with Crippen molar-refractivity contribution in [2.24, 2.45) is 4.99 Å². The molecular weight excluding hydrogens is 422 g/mol. The van der Waals surface area contributed by atoms with Gasteiger partial charge in [0, 0.05) is 6.08 Å². The molecular formula is C21H13N3O2S3. The monoisotopic (exact) mass is 435 g/mol. The van der Waals surface area contributed by atoms with Gasteiger partial charge < -0.3 is 9.73 Å². The second-order valence-corrected chi connectivity index (χ2v) is 9.34. The van der Waals surface area contributed by atoms with Gasteiger partial charge in [0.15, 0.2) is 14.6 Å². The summed E-state index contributed by atoms with van der Waals surface area (Å²) in [6.45, 7) is 0. The minimum atomic E-state index is -0.179. The molecule has 0 spiro atoms. The zero-order chi connectivity index (χ0) is 19.6. The van der Waals surface area contributed by atoms with Crippen LogP contribution in [0.25, 0.3) is 16.3 Å². The number of hydrogen-bond acceptors (Lipinski definition) is 7. The van der Waals surface area contributed by atoms with Gasteiger partial charge in [-0.05, 0) is 59.9 Å². The molecule has 2 aromatic carbocycles. The summed E-state index contributed by atoms with van der Waals surface area (Å²) in [6.07, 6.45) is 1.73. The fourth-order valence-electron chi connectivity index (χ4n) is 2.68. The molecule has 29 heavy (non-hydrogen) atoms. The number of para-hydroxylation sites is 2. The fraction of sp³-hybridized carbons (Fsp3) is 0. The van der Waals surface area contributed by atoms with Gasteiger partial charge in [-0.25, -0.2) is 9.98 Å². The summed E-state index contributed by atoms with van der Waals surface area (Å²) in [5, 5.41) is 4.08. The number of hydrogen-bond donors (Lipinski definition) is 1. The summed E-state index contributed by atoms with van der Waals surface area (Å²) in [6, 6.07) is 21.3. The van der Waals surface area contributed by atoms with Crippen molar-refractivity contribution in [3.8, 4) is 0 Å². The molecule has 1 saturated heterocycles. The topological polar surface area (TPSA) is 67.5 Å². The SMILES string of the molecule is O=C1NC(=Nc2ccccc2)S/C1=C\c1ccc(Sc2nc3ccccc3s2)o1. The van der Waals surface area contributed by atoms with Crippen molar-refractivity contribution in [2.45, 2.75) is 9.43 Å². The average molecular weight is 436 g/mol. The van der Waals surface area contributed by atoms with Crippen molar-refractivity contribution >= 4 is 67.9 Å². The Bertz CT molecular complexity index is 1230. The van der Waals surface area contributed by atoms with Crippen molar-refractivity contribution in [1.29, 1.82) is 0 Å². The number of furan rings is 1.